The molecule has 0 aliphatic heterocycles. The van der Waals surface area contributed by atoms with E-state index in [-0.39, 0.29) is 23.8 Å². The van der Waals surface area contributed by atoms with Crippen LogP contribution in [0.15, 0.2) is 54.6 Å². The molecule has 2 aromatic rings. The van der Waals surface area contributed by atoms with Crippen LogP contribution in [-0.2, 0) is 4.79 Å². The highest BCUT2D eigenvalue weighted by Gasteiger charge is 2.28. The fraction of sp³-hybridized carbons (Fsp3) is 0.391. The fourth-order valence-corrected chi connectivity index (χ4v) is 3.03. The molecule has 3 atom stereocenters. The molecule has 0 radical (unpaired) electrons. The maximum absolute atomic E-state index is 13.0. The van der Waals surface area contributed by atoms with Crippen LogP contribution in [0.3, 0.4) is 0 Å². The van der Waals surface area contributed by atoms with Crippen LogP contribution in [0, 0.1) is 5.92 Å². The number of carbonyl (C=O) groups excluding carboxylic acids is 2. The third-order valence-electron chi connectivity index (χ3n) is 5.06. The molecule has 0 aromatic heterocycles. The zero-order chi connectivity index (χ0) is 20.5. The van der Waals surface area contributed by atoms with Crippen LogP contribution < -0.4 is 15.4 Å². The Morgan fingerprint density at radius 1 is 0.929 bits per heavy atom. The van der Waals surface area contributed by atoms with Crippen molar-refractivity contribution < 1.29 is 14.3 Å². The van der Waals surface area contributed by atoms with Gasteiger partial charge in [-0.3, -0.25) is 9.59 Å². The van der Waals surface area contributed by atoms with Gasteiger partial charge in [0.15, 0.2) is 0 Å². The maximum atomic E-state index is 13.0. The van der Waals surface area contributed by atoms with E-state index in [0.717, 1.165) is 24.2 Å². The second-order valence-electron chi connectivity index (χ2n) is 6.95. The molecule has 0 heterocycles. The Bertz CT molecular complexity index is 759. The van der Waals surface area contributed by atoms with E-state index in [2.05, 4.69) is 10.6 Å². The second-order valence-corrected chi connectivity index (χ2v) is 6.95. The molecule has 3 unspecified atom stereocenters. The summed E-state index contributed by atoms with van der Waals surface area (Å²) >= 11 is 0. The maximum Gasteiger partial charge on any atom is 0.251 e. The first kappa shape index (κ1) is 21.5. The smallest absolute Gasteiger partial charge is 0.251 e. The van der Waals surface area contributed by atoms with Crippen molar-refractivity contribution >= 4 is 11.8 Å². The van der Waals surface area contributed by atoms with E-state index in [1.807, 2.05) is 63.2 Å². The molecule has 28 heavy (non-hydrogen) atoms. The fourth-order valence-electron chi connectivity index (χ4n) is 3.03. The van der Waals surface area contributed by atoms with E-state index in [4.69, 9.17) is 4.74 Å². The van der Waals surface area contributed by atoms with Gasteiger partial charge >= 0.3 is 0 Å². The minimum absolute atomic E-state index is 0.0148. The molecule has 2 rings (SSSR count). The highest BCUT2D eigenvalue weighted by atomic mass is 16.5. The predicted octanol–water partition coefficient (Wildman–Crippen LogP) is 4.11. The molecule has 2 N–H and O–H groups in total. The van der Waals surface area contributed by atoms with Gasteiger partial charge < -0.3 is 15.4 Å². The first-order valence-corrected chi connectivity index (χ1v) is 9.80. The van der Waals surface area contributed by atoms with Crippen LogP contribution in [0.4, 0.5) is 0 Å². The van der Waals surface area contributed by atoms with Crippen molar-refractivity contribution in [1.82, 2.24) is 10.6 Å². The number of rotatable bonds is 9. The molecule has 0 bridgehead atoms. The van der Waals surface area contributed by atoms with E-state index >= 15 is 0 Å². The number of nitrogens with one attached hydrogen (secondary N) is 2. The SMILES string of the molecule is CCC(NC(=O)C(NC(=O)c1ccccc1)C(C)CC)c1ccc(OC)cc1. The van der Waals surface area contributed by atoms with Gasteiger partial charge in [0.05, 0.1) is 13.2 Å². The van der Waals surface area contributed by atoms with Crippen LogP contribution >= 0.6 is 0 Å². The average molecular weight is 383 g/mol. The molecule has 0 aliphatic rings. The summed E-state index contributed by atoms with van der Waals surface area (Å²) in [6.07, 6.45) is 1.53. The lowest BCUT2D eigenvalue weighted by molar-refractivity contribution is -0.125. The van der Waals surface area contributed by atoms with Crippen LogP contribution in [0.2, 0.25) is 0 Å². The Hall–Kier alpha value is -2.82. The zero-order valence-electron chi connectivity index (χ0n) is 17.1. The molecule has 5 heteroatoms. The lowest BCUT2D eigenvalue weighted by Crippen LogP contribution is -2.50. The minimum Gasteiger partial charge on any atom is -0.497 e. The highest BCUT2D eigenvalue weighted by Crippen LogP contribution is 2.21. The van der Waals surface area contributed by atoms with Crippen molar-refractivity contribution in [2.75, 3.05) is 7.11 Å². The summed E-state index contributed by atoms with van der Waals surface area (Å²) in [7, 11) is 1.63. The normalized spacial score (nSPS) is 13.9. The first-order valence-electron chi connectivity index (χ1n) is 9.80. The Morgan fingerprint density at radius 2 is 1.57 bits per heavy atom. The highest BCUT2D eigenvalue weighted by molar-refractivity contribution is 5.97. The van der Waals surface area contributed by atoms with Crippen LogP contribution in [-0.4, -0.2) is 25.0 Å². The summed E-state index contributed by atoms with van der Waals surface area (Å²) < 4.78 is 5.20. The predicted molar refractivity (Wildman–Crippen MR) is 111 cm³/mol. The molecular weight excluding hydrogens is 352 g/mol. The zero-order valence-corrected chi connectivity index (χ0v) is 17.1. The number of hydrogen-bond acceptors (Lipinski definition) is 3. The topological polar surface area (TPSA) is 67.4 Å². The van der Waals surface area contributed by atoms with Crippen LogP contribution in [0.25, 0.3) is 0 Å². The number of ether oxygens (including phenoxy) is 1. The molecule has 0 spiro atoms. The van der Waals surface area contributed by atoms with Gasteiger partial charge in [0.2, 0.25) is 5.91 Å². The molecule has 0 saturated heterocycles. The van der Waals surface area contributed by atoms with Gasteiger partial charge in [-0.25, -0.2) is 0 Å². The molecule has 0 saturated carbocycles. The number of benzene rings is 2. The summed E-state index contributed by atoms with van der Waals surface area (Å²) in [4.78, 5) is 25.6. The number of methoxy groups -OCH3 is 1. The molecule has 0 fully saturated rings. The Labute approximate surface area is 167 Å². The van der Waals surface area contributed by atoms with Gasteiger partial charge in [0.1, 0.15) is 11.8 Å². The average Bonchev–Trinajstić information content (AvgIpc) is 2.75. The Morgan fingerprint density at radius 3 is 2.11 bits per heavy atom. The van der Waals surface area contributed by atoms with Gasteiger partial charge in [0, 0.05) is 5.56 Å². The number of amides is 2. The second kappa shape index (κ2) is 10.5. The van der Waals surface area contributed by atoms with Crippen LogP contribution in [0.5, 0.6) is 5.75 Å². The van der Waals surface area contributed by atoms with E-state index in [0.29, 0.717) is 5.56 Å². The van der Waals surface area contributed by atoms with Crippen molar-refractivity contribution in [1.29, 1.82) is 0 Å². The summed E-state index contributed by atoms with van der Waals surface area (Å²) in [6.45, 7) is 6.01. The van der Waals surface area contributed by atoms with Gasteiger partial charge in [-0.2, -0.15) is 0 Å². The van der Waals surface area contributed by atoms with Gasteiger partial charge in [-0.15, -0.1) is 0 Å². The van der Waals surface area contributed by atoms with Crippen LogP contribution in [0.1, 0.15) is 55.6 Å². The summed E-state index contributed by atoms with van der Waals surface area (Å²) in [5, 5.41) is 6.01. The quantitative estimate of drug-likeness (QED) is 0.686. The molecule has 2 amide bonds. The molecule has 5 nitrogen and oxygen atoms in total. The lowest BCUT2D eigenvalue weighted by atomic mass is 9.96. The third kappa shape index (κ3) is 5.59. The summed E-state index contributed by atoms with van der Waals surface area (Å²) in [5.41, 5.74) is 1.56. The molecule has 2 aromatic carbocycles. The molecular formula is C23H30N2O3. The first-order chi connectivity index (χ1) is 13.5. The van der Waals surface area contributed by atoms with Gasteiger partial charge in [0.25, 0.3) is 5.91 Å². The van der Waals surface area contributed by atoms with Crippen molar-refractivity contribution in [2.24, 2.45) is 5.92 Å². The lowest BCUT2D eigenvalue weighted by Gasteiger charge is -2.26. The Balaban J connectivity index is 2.13. The molecule has 150 valence electrons. The van der Waals surface area contributed by atoms with Gasteiger partial charge in [-0.1, -0.05) is 57.5 Å². The summed E-state index contributed by atoms with van der Waals surface area (Å²) in [6, 6.07) is 15.9. The monoisotopic (exact) mass is 382 g/mol. The van der Waals surface area contributed by atoms with Gasteiger partial charge in [-0.05, 0) is 42.2 Å². The van der Waals surface area contributed by atoms with Crippen molar-refractivity contribution in [3.05, 3.63) is 65.7 Å². The number of carbonyl (C=O) groups is 2. The van der Waals surface area contributed by atoms with E-state index < -0.39 is 6.04 Å². The van der Waals surface area contributed by atoms with E-state index in [9.17, 15) is 9.59 Å². The number of hydrogen-bond donors (Lipinski definition) is 2. The summed E-state index contributed by atoms with van der Waals surface area (Å²) in [5.74, 6) is 0.387. The third-order valence-corrected chi connectivity index (χ3v) is 5.06. The minimum atomic E-state index is -0.593. The van der Waals surface area contributed by atoms with E-state index in [1.165, 1.54) is 0 Å². The van der Waals surface area contributed by atoms with Crippen molar-refractivity contribution in [2.45, 2.75) is 45.7 Å². The Kier molecular flexibility index (Phi) is 8.05. The molecule has 0 aliphatic carbocycles. The largest absolute Gasteiger partial charge is 0.497 e. The van der Waals surface area contributed by atoms with E-state index in [1.54, 1.807) is 19.2 Å². The van der Waals surface area contributed by atoms with Crippen molar-refractivity contribution in [3.8, 4) is 5.75 Å². The standard InChI is InChI=1S/C23H30N2O3/c1-5-16(3)21(25-22(26)18-10-8-7-9-11-18)23(27)24-20(6-2)17-12-14-19(28-4)15-13-17/h7-16,20-21H,5-6H2,1-4H3,(H,24,27)(H,25,26). The van der Waals surface area contributed by atoms with Crippen molar-refractivity contribution in [3.63, 3.8) is 0 Å².